The van der Waals surface area contributed by atoms with E-state index < -0.39 is 4.92 Å². The molecule has 6 heteroatoms. The Morgan fingerprint density at radius 2 is 1.88 bits per heavy atom. The Bertz CT molecular complexity index is 989. The van der Waals surface area contributed by atoms with Gasteiger partial charge in [-0.2, -0.15) is 0 Å². The fraction of sp³-hybridized carbons (Fsp3) is 0.211. The van der Waals surface area contributed by atoms with Crippen molar-refractivity contribution in [3.63, 3.8) is 0 Å². The van der Waals surface area contributed by atoms with E-state index in [0.717, 1.165) is 16.5 Å². The normalized spacial score (nSPS) is 10.8. The average molecular weight is 339 g/mol. The number of ether oxygens (including phenoxy) is 1. The molecule has 0 unspecified atom stereocenters. The quantitative estimate of drug-likeness (QED) is 0.396. The second-order valence-electron chi connectivity index (χ2n) is 5.72. The van der Waals surface area contributed by atoms with Crippen LogP contribution >= 0.6 is 0 Å². The lowest BCUT2D eigenvalue weighted by atomic mass is 10.0. The maximum atomic E-state index is 12.0. The van der Waals surface area contributed by atoms with Crippen LogP contribution in [0, 0.1) is 17.0 Å². The summed E-state index contributed by atoms with van der Waals surface area (Å²) in [5, 5.41) is 11.5. The molecule has 0 amide bonds. The minimum Gasteiger partial charge on any atom is -0.489 e. The Hall–Kier alpha value is -3.15. The Morgan fingerprint density at radius 3 is 2.52 bits per heavy atom. The van der Waals surface area contributed by atoms with Gasteiger partial charge in [0.2, 0.25) is 0 Å². The standard InChI is InChI=1S/C19H17NO5/c1-3-16-12(2)17-9-8-15(10-18(17)25-19(16)21)24-11-13-4-6-14(7-5-13)20(22)23/h4-10H,3,11H2,1-2H3. The summed E-state index contributed by atoms with van der Waals surface area (Å²) in [5.74, 6) is 0.567. The number of non-ortho nitro benzene ring substituents is 1. The van der Waals surface area contributed by atoms with Crippen LogP contribution in [0.3, 0.4) is 0 Å². The smallest absolute Gasteiger partial charge is 0.339 e. The van der Waals surface area contributed by atoms with Gasteiger partial charge in [-0.3, -0.25) is 10.1 Å². The van der Waals surface area contributed by atoms with Crippen molar-refractivity contribution < 1.29 is 14.1 Å². The number of hydrogen-bond acceptors (Lipinski definition) is 5. The molecule has 128 valence electrons. The molecule has 0 aliphatic heterocycles. The number of nitro groups is 1. The Morgan fingerprint density at radius 1 is 1.16 bits per heavy atom. The lowest BCUT2D eigenvalue weighted by Crippen LogP contribution is -2.09. The van der Waals surface area contributed by atoms with Crippen LogP contribution < -0.4 is 10.4 Å². The molecule has 0 atom stereocenters. The maximum absolute atomic E-state index is 12.0. The second kappa shape index (κ2) is 6.76. The minimum atomic E-state index is -0.442. The Balaban J connectivity index is 1.82. The van der Waals surface area contributed by atoms with Crippen LogP contribution in [0.1, 0.15) is 23.6 Å². The third-order valence-electron chi connectivity index (χ3n) is 4.17. The first-order valence-electron chi connectivity index (χ1n) is 7.92. The van der Waals surface area contributed by atoms with Gasteiger partial charge in [0.05, 0.1) is 4.92 Å². The minimum absolute atomic E-state index is 0.0402. The van der Waals surface area contributed by atoms with Crippen molar-refractivity contribution in [2.75, 3.05) is 0 Å². The molecule has 0 spiro atoms. The summed E-state index contributed by atoms with van der Waals surface area (Å²) in [4.78, 5) is 22.2. The summed E-state index contributed by atoms with van der Waals surface area (Å²) >= 11 is 0. The SMILES string of the molecule is CCc1c(C)c2ccc(OCc3ccc([N+](=O)[O-])cc3)cc2oc1=O. The highest BCUT2D eigenvalue weighted by atomic mass is 16.6. The summed E-state index contributed by atoms with van der Waals surface area (Å²) in [5.41, 5.74) is 2.63. The second-order valence-corrected chi connectivity index (χ2v) is 5.72. The predicted octanol–water partition coefficient (Wildman–Crippen LogP) is 4.15. The molecule has 3 aromatic rings. The van der Waals surface area contributed by atoms with Gasteiger partial charge in [0, 0.05) is 29.1 Å². The fourth-order valence-electron chi connectivity index (χ4n) is 2.75. The molecule has 1 heterocycles. The molecule has 0 saturated carbocycles. The molecule has 0 aliphatic rings. The lowest BCUT2D eigenvalue weighted by Gasteiger charge is -2.09. The molecular formula is C19H17NO5. The zero-order valence-corrected chi connectivity index (χ0v) is 13.9. The highest BCUT2D eigenvalue weighted by Gasteiger charge is 2.11. The van der Waals surface area contributed by atoms with Crippen molar-refractivity contribution >= 4 is 16.7 Å². The van der Waals surface area contributed by atoms with Crippen molar-refractivity contribution in [3.05, 3.63) is 79.7 Å². The number of benzene rings is 2. The monoisotopic (exact) mass is 339 g/mol. The van der Waals surface area contributed by atoms with Gasteiger partial charge in [-0.25, -0.2) is 4.79 Å². The van der Waals surface area contributed by atoms with Crippen LogP contribution in [0.25, 0.3) is 11.0 Å². The van der Waals surface area contributed by atoms with Gasteiger partial charge in [0.25, 0.3) is 5.69 Å². The van der Waals surface area contributed by atoms with E-state index in [0.29, 0.717) is 23.3 Å². The van der Waals surface area contributed by atoms with Crippen molar-refractivity contribution in [2.45, 2.75) is 26.9 Å². The molecule has 25 heavy (non-hydrogen) atoms. The van der Waals surface area contributed by atoms with E-state index in [1.807, 2.05) is 26.0 Å². The van der Waals surface area contributed by atoms with Crippen LogP contribution in [-0.4, -0.2) is 4.92 Å². The summed E-state index contributed by atoms with van der Waals surface area (Å²) in [6.07, 6.45) is 0.627. The number of nitro benzene ring substituents is 1. The molecular weight excluding hydrogens is 322 g/mol. The third-order valence-corrected chi connectivity index (χ3v) is 4.17. The molecule has 6 nitrogen and oxygen atoms in total. The predicted molar refractivity (Wildman–Crippen MR) is 94.0 cm³/mol. The number of aryl methyl sites for hydroxylation is 1. The van der Waals surface area contributed by atoms with E-state index in [4.69, 9.17) is 9.15 Å². The highest BCUT2D eigenvalue weighted by molar-refractivity contribution is 5.82. The van der Waals surface area contributed by atoms with Gasteiger partial charge < -0.3 is 9.15 Å². The number of rotatable bonds is 5. The van der Waals surface area contributed by atoms with Crippen molar-refractivity contribution in [2.24, 2.45) is 0 Å². The van der Waals surface area contributed by atoms with Crippen LogP contribution in [0.4, 0.5) is 5.69 Å². The first-order valence-corrected chi connectivity index (χ1v) is 7.92. The first-order chi connectivity index (χ1) is 12.0. The summed E-state index contributed by atoms with van der Waals surface area (Å²) in [7, 11) is 0. The molecule has 0 fully saturated rings. The lowest BCUT2D eigenvalue weighted by molar-refractivity contribution is -0.384. The van der Waals surface area contributed by atoms with E-state index in [2.05, 4.69) is 0 Å². The number of nitrogens with zero attached hydrogens (tertiary/aromatic N) is 1. The van der Waals surface area contributed by atoms with Gasteiger partial charge in [-0.05, 0) is 48.7 Å². The maximum Gasteiger partial charge on any atom is 0.339 e. The summed E-state index contributed by atoms with van der Waals surface area (Å²) in [6.45, 7) is 4.10. The van der Waals surface area contributed by atoms with Gasteiger partial charge in [-0.1, -0.05) is 6.92 Å². The van der Waals surface area contributed by atoms with Crippen LogP contribution in [0.5, 0.6) is 5.75 Å². The molecule has 0 N–H and O–H groups in total. The van der Waals surface area contributed by atoms with Crippen LogP contribution in [0.15, 0.2) is 51.7 Å². The molecule has 3 rings (SSSR count). The van der Waals surface area contributed by atoms with Crippen molar-refractivity contribution in [1.29, 1.82) is 0 Å². The van der Waals surface area contributed by atoms with Crippen LogP contribution in [-0.2, 0) is 13.0 Å². The molecule has 0 radical (unpaired) electrons. The van der Waals surface area contributed by atoms with Crippen LogP contribution in [0.2, 0.25) is 0 Å². The van der Waals surface area contributed by atoms with E-state index in [9.17, 15) is 14.9 Å². The zero-order valence-electron chi connectivity index (χ0n) is 13.9. The summed E-state index contributed by atoms with van der Waals surface area (Å²) in [6, 6.07) is 11.6. The highest BCUT2D eigenvalue weighted by Crippen LogP contribution is 2.25. The van der Waals surface area contributed by atoms with E-state index >= 15 is 0 Å². The number of hydrogen-bond donors (Lipinski definition) is 0. The van der Waals surface area contributed by atoms with Crippen molar-refractivity contribution in [3.8, 4) is 5.75 Å². The largest absolute Gasteiger partial charge is 0.489 e. The molecule has 2 aromatic carbocycles. The van der Waals surface area contributed by atoms with Crippen molar-refractivity contribution in [1.82, 2.24) is 0 Å². The fourth-order valence-corrected chi connectivity index (χ4v) is 2.75. The van der Waals surface area contributed by atoms with E-state index in [-0.39, 0.29) is 17.9 Å². The molecule has 0 saturated heterocycles. The molecule has 1 aromatic heterocycles. The molecule has 0 bridgehead atoms. The van der Waals surface area contributed by atoms with E-state index in [1.54, 1.807) is 18.2 Å². The van der Waals surface area contributed by atoms with Gasteiger partial charge in [-0.15, -0.1) is 0 Å². The van der Waals surface area contributed by atoms with Gasteiger partial charge in [0.1, 0.15) is 17.9 Å². The topological polar surface area (TPSA) is 82.6 Å². The first kappa shape index (κ1) is 16.7. The third kappa shape index (κ3) is 3.38. The average Bonchev–Trinajstić information content (AvgIpc) is 2.60. The summed E-state index contributed by atoms with van der Waals surface area (Å²) < 4.78 is 11.1. The van der Waals surface area contributed by atoms with Gasteiger partial charge in [0.15, 0.2) is 0 Å². The van der Waals surface area contributed by atoms with E-state index in [1.165, 1.54) is 12.1 Å². The molecule has 0 aliphatic carbocycles. The Labute approximate surface area is 143 Å². The van der Waals surface area contributed by atoms with Gasteiger partial charge >= 0.3 is 5.63 Å². The Kier molecular flexibility index (Phi) is 4.52. The number of fused-ring (bicyclic) bond motifs is 1. The zero-order chi connectivity index (χ0) is 18.0.